The number of benzene rings is 1. The highest BCUT2D eigenvalue weighted by Gasteiger charge is 2.72. The molecule has 0 saturated heterocycles. The first-order valence-electron chi connectivity index (χ1n) is 10.8. The highest BCUT2D eigenvalue weighted by molar-refractivity contribution is 6.09. The number of fused-ring (bicyclic) bond motifs is 1. The molecule has 12 heteroatoms. The highest BCUT2D eigenvalue weighted by Crippen LogP contribution is 2.60. The summed E-state index contributed by atoms with van der Waals surface area (Å²) < 4.78 is 64.7. The van der Waals surface area contributed by atoms with Gasteiger partial charge in [0.2, 0.25) is 5.91 Å². The SMILES string of the molecule is CC1(C(=O)NC2CCCC[C@H]2N2Cc3ccc(C(=N)NC(=O)C(F)(F)F)cc3C2=O)CC1(F)F. The molecule has 184 valence electrons. The van der Waals surface area contributed by atoms with Gasteiger partial charge < -0.3 is 15.5 Å². The van der Waals surface area contributed by atoms with Crippen molar-refractivity contribution in [3.05, 3.63) is 34.9 Å². The monoisotopic (exact) mass is 486 g/mol. The molecule has 1 aromatic carbocycles. The van der Waals surface area contributed by atoms with E-state index in [0.29, 0.717) is 18.4 Å². The van der Waals surface area contributed by atoms with Gasteiger partial charge in [0.1, 0.15) is 11.3 Å². The molecule has 2 unspecified atom stereocenters. The summed E-state index contributed by atoms with van der Waals surface area (Å²) in [6.45, 7) is 1.40. The van der Waals surface area contributed by atoms with E-state index in [4.69, 9.17) is 5.41 Å². The van der Waals surface area contributed by atoms with Crippen LogP contribution in [0.15, 0.2) is 18.2 Å². The van der Waals surface area contributed by atoms with Crippen molar-refractivity contribution in [3.63, 3.8) is 0 Å². The summed E-state index contributed by atoms with van der Waals surface area (Å²) in [5.74, 6) is -7.31. The van der Waals surface area contributed by atoms with Crippen molar-refractivity contribution in [1.82, 2.24) is 15.5 Å². The standard InChI is InChI=1S/C22H23F5N4O3/c1-20(10-21(20,23)24)18(33)29-14-4-2-3-5-15(14)31-9-12-7-6-11(8-13(12)17(31)32)16(28)30-19(34)22(25,26)27/h6-8,14-15H,2-5,9-10H2,1H3,(H,29,33)(H2,28,30,34)/t14?,15-,20?/m1/s1. The maximum Gasteiger partial charge on any atom is 0.471 e. The Morgan fingerprint density at radius 3 is 2.44 bits per heavy atom. The minimum atomic E-state index is -5.16. The highest BCUT2D eigenvalue weighted by atomic mass is 19.4. The first-order valence-corrected chi connectivity index (χ1v) is 10.8. The van der Waals surface area contributed by atoms with Gasteiger partial charge in [-0.05, 0) is 31.4 Å². The van der Waals surface area contributed by atoms with Crippen LogP contribution >= 0.6 is 0 Å². The number of alkyl halides is 5. The molecule has 34 heavy (non-hydrogen) atoms. The summed E-state index contributed by atoms with van der Waals surface area (Å²) in [5, 5.41) is 11.9. The minimum absolute atomic E-state index is 0.0658. The fourth-order valence-corrected chi connectivity index (χ4v) is 4.63. The molecule has 2 saturated carbocycles. The largest absolute Gasteiger partial charge is 0.471 e. The summed E-state index contributed by atoms with van der Waals surface area (Å²) in [4.78, 5) is 38.3. The van der Waals surface area contributed by atoms with E-state index >= 15 is 0 Å². The van der Waals surface area contributed by atoms with Crippen molar-refractivity contribution in [2.45, 2.75) is 69.8 Å². The van der Waals surface area contributed by atoms with Crippen LogP contribution in [0, 0.1) is 10.8 Å². The number of carbonyl (C=O) groups excluding carboxylic acids is 3. The number of amides is 3. The van der Waals surface area contributed by atoms with E-state index in [1.165, 1.54) is 35.3 Å². The Hall–Kier alpha value is -3.05. The number of amidine groups is 1. The molecule has 2 fully saturated rings. The Morgan fingerprint density at radius 1 is 1.18 bits per heavy atom. The van der Waals surface area contributed by atoms with Gasteiger partial charge in [-0.2, -0.15) is 13.2 Å². The van der Waals surface area contributed by atoms with Crippen molar-refractivity contribution in [1.29, 1.82) is 5.41 Å². The van der Waals surface area contributed by atoms with Gasteiger partial charge in [-0.15, -0.1) is 0 Å². The normalized spacial score (nSPS) is 27.7. The van der Waals surface area contributed by atoms with Crippen LogP contribution in [-0.4, -0.2) is 52.6 Å². The lowest BCUT2D eigenvalue weighted by Crippen LogP contribution is -2.54. The maximum absolute atomic E-state index is 13.6. The van der Waals surface area contributed by atoms with E-state index in [1.54, 1.807) is 0 Å². The van der Waals surface area contributed by atoms with Crippen LogP contribution in [0.2, 0.25) is 0 Å². The second kappa shape index (κ2) is 8.02. The second-order valence-electron chi connectivity index (χ2n) is 9.28. The number of hydrogen-bond donors (Lipinski definition) is 3. The first-order chi connectivity index (χ1) is 15.7. The van der Waals surface area contributed by atoms with Gasteiger partial charge in [-0.1, -0.05) is 25.0 Å². The third kappa shape index (κ3) is 4.14. The number of nitrogens with zero attached hydrogens (tertiary/aromatic N) is 1. The Balaban J connectivity index is 1.49. The summed E-state index contributed by atoms with van der Waals surface area (Å²) >= 11 is 0. The summed E-state index contributed by atoms with van der Waals surface area (Å²) in [6, 6.07) is 3.15. The average Bonchev–Trinajstić information content (AvgIpc) is 3.12. The quantitative estimate of drug-likeness (QED) is 0.346. The fraction of sp³-hybridized carbons (Fsp3) is 0.545. The molecule has 0 spiro atoms. The van der Waals surface area contributed by atoms with Gasteiger partial charge in [0.05, 0.1) is 6.04 Å². The van der Waals surface area contributed by atoms with Gasteiger partial charge in [0.15, 0.2) is 0 Å². The molecule has 3 N–H and O–H groups in total. The van der Waals surface area contributed by atoms with Crippen LogP contribution < -0.4 is 10.6 Å². The molecule has 1 aliphatic heterocycles. The van der Waals surface area contributed by atoms with Crippen molar-refractivity contribution in [2.75, 3.05) is 0 Å². The minimum Gasteiger partial charge on any atom is -0.351 e. The predicted molar refractivity (Wildman–Crippen MR) is 109 cm³/mol. The summed E-state index contributed by atoms with van der Waals surface area (Å²) in [7, 11) is 0. The first kappa shape index (κ1) is 24.1. The Labute approximate surface area is 191 Å². The Bertz CT molecular complexity index is 1070. The van der Waals surface area contributed by atoms with Crippen LogP contribution in [0.4, 0.5) is 22.0 Å². The zero-order valence-corrected chi connectivity index (χ0v) is 18.2. The van der Waals surface area contributed by atoms with E-state index in [-0.39, 0.29) is 17.7 Å². The van der Waals surface area contributed by atoms with E-state index < -0.39 is 59.6 Å². The molecule has 0 aromatic heterocycles. The number of carbonyl (C=O) groups is 3. The van der Waals surface area contributed by atoms with Crippen LogP contribution in [0.25, 0.3) is 0 Å². The van der Waals surface area contributed by atoms with Crippen LogP contribution in [-0.2, 0) is 16.1 Å². The average molecular weight is 486 g/mol. The molecule has 4 rings (SSSR count). The van der Waals surface area contributed by atoms with Crippen LogP contribution in [0.5, 0.6) is 0 Å². The molecule has 0 bridgehead atoms. The van der Waals surface area contributed by atoms with Gasteiger partial charge in [-0.3, -0.25) is 19.8 Å². The van der Waals surface area contributed by atoms with Crippen molar-refractivity contribution in [2.24, 2.45) is 5.41 Å². The second-order valence-corrected chi connectivity index (χ2v) is 9.28. The van der Waals surface area contributed by atoms with Crippen molar-refractivity contribution in [3.8, 4) is 0 Å². The Morgan fingerprint density at radius 2 is 1.82 bits per heavy atom. The van der Waals surface area contributed by atoms with Crippen molar-refractivity contribution < 1.29 is 36.3 Å². The van der Waals surface area contributed by atoms with E-state index in [0.717, 1.165) is 12.8 Å². The molecule has 3 amide bonds. The lowest BCUT2D eigenvalue weighted by Gasteiger charge is -2.38. The van der Waals surface area contributed by atoms with E-state index in [9.17, 15) is 36.3 Å². The third-order valence-electron chi connectivity index (χ3n) is 6.93. The van der Waals surface area contributed by atoms with E-state index in [2.05, 4.69) is 5.32 Å². The van der Waals surface area contributed by atoms with Gasteiger partial charge >= 0.3 is 12.1 Å². The zero-order chi connectivity index (χ0) is 25.1. The molecular formula is C22H23F5N4O3. The van der Waals surface area contributed by atoms with E-state index in [1.807, 2.05) is 0 Å². The lowest BCUT2D eigenvalue weighted by molar-refractivity contribution is -0.171. The number of hydrogen-bond acceptors (Lipinski definition) is 4. The summed E-state index contributed by atoms with van der Waals surface area (Å²) in [5.41, 5.74) is -1.05. The molecule has 3 aliphatic rings. The Kier molecular flexibility index (Phi) is 5.68. The van der Waals surface area contributed by atoms with Crippen LogP contribution in [0.1, 0.15) is 60.5 Å². The lowest BCUT2D eigenvalue weighted by atomic mass is 9.88. The molecule has 7 nitrogen and oxygen atoms in total. The number of nitrogens with one attached hydrogen (secondary N) is 3. The number of halogens is 5. The van der Waals surface area contributed by atoms with Crippen molar-refractivity contribution >= 4 is 23.6 Å². The predicted octanol–water partition coefficient (Wildman–Crippen LogP) is 3.12. The summed E-state index contributed by atoms with van der Waals surface area (Å²) in [6.07, 6.45) is -3.04. The molecule has 3 atom stereocenters. The number of rotatable bonds is 4. The third-order valence-corrected chi connectivity index (χ3v) is 6.93. The molecule has 2 aliphatic carbocycles. The molecular weight excluding hydrogens is 463 g/mol. The fourth-order valence-electron chi connectivity index (χ4n) is 4.63. The molecule has 0 radical (unpaired) electrons. The van der Waals surface area contributed by atoms with Gasteiger partial charge in [0.25, 0.3) is 11.8 Å². The van der Waals surface area contributed by atoms with Gasteiger partial charge in [0, 0.05) is 30.1 Å². The topological polar surface area (TPSA) is 102 Å². The molecule has 1 aromatic rings. The molecule has 1 heterocycles. The van der Waals surface area contributed by atoms with Gasteiger partial charge in [-0.25, -0.2) is 8.78 Å². The van der Waals surface area contributed by atoms with Crippen LogP contribution in [0.3, 0.4) is 0 Å². The maximum atomic E-state index is 13.6. The zero-order valence-electron chi connectivity index (χ0n) is 18.2. The smallest absolute Gasteiger partial charge is 0.351 e.